The Hall–Kier alpha value is -2.34. The standard InChI is InChI=1S/C18H24N4O2/c1-21-12-15(11-19-21)20-18(23)13-22-9-4-3-8-17(22)14-6-5-7-16(10-14)24-2/h5-7,10-12,17H,3-4,8-9,13H2,1-2H3,(H,20,23). The van der Waals surface area contributed by atoms with Gasteiger partial charge in [0.25, 0.3) is 0 Å². The number of hydrogen-bond donors (Lipinski definition) is 1. The van der Waals surface area contributed by atoms with Gasteiger partial charge in [-0.25, -0.2) is 0 Å². The predicted molar refractivity (Wildman–Crippen MR) is 93.0 cm³/mol. The number of ether oxygens (including phenoxy) is 1. The number of hydrogen-bond acceptors (Lipinski definition) is 4. The number of aromatic nitrogens is 2. The highest BCUT2D eigenvalue weighted by atomic mass is 16.5. The van der Waals surface area contributed by atoms with Crippen molar-refractivity contribution in [3.8, 4) is 5.75 Å². The van der Waals surface area contributed by atoms with E-state index in [1.54, 1.807) is 24.2 Å². The molecule has 1 aliphatic rings. The molecule has 0 saturated carbocycles. The van der Waals surface area contributed by atoms with Gasteiger partial charge >= 0.3 is 0 Å². The van der Waals surface area contributed by atoms with Crippen molar-refractivity contribution < 1.29 is 9.53 Å². The van der Waals surface area contributed by atoms with Crippen LogP contribution in [0.15, 0.2) is 36.7 Å². The molecule has 1 fully saturated rings. The van der Waals surface area contributed by atoms with E-state index in [4.69, 9.17) is 4.74 Å². The number of rotatable bonds is 5. The smallest absolute Gasteiger partial charge is 0.238 e. The predicted octanol–water partition coefficient (Wildman–Crippen LogP) is 2.59. The second kappa shape index (κ2) is 7.49. The van der Waals surface area contributed by atoms with Crippen LogP contribution in [0.2, 0.25) is 0 Å². The average molecular weight is 328 g/mol. The number of nitrogens with one attached hydrogen (secondary N) is 1. The summed E-state index contributed by atoms with van der Waals surface area (Å²) < 4.78 is 7.01. The molecule has 0 aliphatic carbocycles. The summed E-state index contributed by atoms with van der Waals surface area (Å²) in [5, 5.41) is 6.99. The van der Waals surface area contributed by atoms with Gasteiger partial charge in [-0.15, -0.1) is 0 Å². The molecule has 0 spiro atoms. The molecule has 0 radical (unpaired) electrons. The summed E-state index contributed by atoms with van der Waals surface area (Å²) in [5.74, 6) is 0.857. The molecule has 1 aromatic heterocycles. The van der Waals surface area contributed by atoms with Gasteiger partial charge in [-0.2, -0.15) is 5.10 Å². The van der Waals surface area contributed by atoms with Crippen LogP contribution in [-0.4, -0.2) is 40.8 Å². The Balaban J connectivity index is 1.68. The number of carbonyl (C=O) groups is 1. The van der Waals surface area contributed by atoms with Crippen LogP contribution in [0.1, 0.15) is 30.9 Å². The number of carbonyl (C=O) groups excluding carboxylic acids is 1. The highest BCUT2D eigenvalue weighted by Crippen LogP contribution is 2.32. The van der Waals surface area contributed by atoms with E-state index in [-0.39, 0.29) is 11.9 Å². The van der Waals surface area contributed by atoms with E-state index < -0.39 is 0 Å². The van der Waals surface area contributed by atoms with Crippen molar-refractivity contribution in [2.45, 2.75) is 25.3 Å². The molecule has 1 amide bonds. The number of nitrogens with zero attached hydrogens (tertiary/aromatic N) is 3. The van der Waals surface area contributed by atoms with Gasteiger partial charge in [0.15, 0.2) is 0 Å². The Morgan fingerprint density at radius 1 is 1.42 bits per heavy atom. The fraction of sp³-hybridized carbons (Fsp3) is 0.444. The van der Waals surface area contributed by atoms with Crippen LogP contribution in [0.3, 0.4) is 0 Å². The van der Waals surface area contributed by atoms with Crippen molar-refractivity contribution in [1.82, 2.24) is 14.7 Å². The number of methoxy groups -OCH3 is 1. The number of piperidine rings is 1. The zero-order chi connectivity index (χ0) is 16.9. The van der Waals surface area contributed by atoms with Crippen molar-refractivity contribution in [3.63, 3.8) is 0 Å². The second-order valence-corrected chi connectivity index (χ2v) is 6.21. The third kappa shape index (κ3) is 3.94. The van der Waals surface area contributed by atoms with E-state index in [1.165, 1.54) is 12.0 Å². The van der Waals surface area contributed by atoms with Gasteiger partial charge in [-0.3, -0.25) is 14.4 Å². The zero-order valence-electron chi connectivity index (χ0n) is 14.2. The number of benzene rings is 1. The first-order valence-electron chi connectivity index (χ1n) is 8.32. The lowest BCUT2D eigenvalue weighted by Crippen LogP contribution is -2.39. The Kier molecular flexibility index (Phi) is 5.15. The number of likely N-dealkylation sites (tertiary alicyclic amines) is 1. The highest BCUT2D eigenvalue weighted by molar-refractivity contribution is 5.92. The third-order valence-electron chi connectivity index (χ3n) is 4.43. The molecule has 2 aromatic rings. The maximum Gasteiger partial charge on any atom is 0.238 e. The number of anilines is 1. The highest BCUT2D eigenvalue weighted by Gasteiger charge is 2.26. The van der Waals surface area contributed by atoms with Gasteiger partial charge in [0.2, 0.25) is 5.91 Å². The van der Waals surface area contributed by atoms with E-state index in [2.05, 4.69) is 27.4 Å². The largest absolute Gasteiger partial charge is 0.497 e. The second-order valence-electron chi connectivity index (χ2n) is 6.21. The molecule has 3 rings (SSSR count). The topological polar surface area (TPSA) is 59.4 Å². The first kappa shape index (κ1) is 16.5. The maximum absolute atomic E-state index is 12.4. The molecule has 6 nitrogen and oxygen atoms in total. The normalized spacial score (nSPS) is 18.3. The van der Waals surface area contributed by atoms with E-state index in [9.17, 15) is 4.79 Å². The molecule has 1 aliphatic heterocycles. The van der Waals surface area contributed by atoms with Crippen molar-refractivity contribution in [2.75, 3.05) is 25.5 Å². The molecule has 6 heteroatoms. The van der Waals surface area contributed by atoms with Gasteiger partial charge in [0, 0.05) is 19.3 Å². The molecule has 2 heterocycles. The van der Waals surface area contributed by atoms with Crippen molar-refractivity contribution in [2.24, 2.45) is 7.05 Å². The van der Waals surface area contributed by atoms with Gasteiger partial charge in [0.05, 0.1) is 25.5 Å². The summed E-state index contributed by atoms with van der Waals surface area (Å²) in [4.78, 5) is 14.6. The van der Waals surface area contributed by atoms with E-state index in [1.807, 2.05) is 19.2 Å². The minimum atomic E-state index is -0.00204. The van der Waals surface area contributed by atoms with Gasteiger partial charge < -0.3 is 10.1 Å². The van der Waals surface area contributed by atoms with Crippen LogP contribution in [-0.2, 0) is 11.8 Å². The van der Waals surface area contributed by atoms with E-state index in [0.717, 1.165) is 30.8 Å². The lowest BCUT2D eigenvalue weighted by atomic mass is 9.95. The van der Waals surface area contributed by atoms with Crippen LogP contribution >= 0.6 is 0 Å². The summed E-state index contributed by atoms with van der Waals surface area (Å²) >= 11 is 0. The molecule has 0 bridgehead atoms. The molecule has 1 unspecified atom stereocenters. The van der Waals surface area contributed by atoms with E-state index in [0.29, 0.717) is 6.54 Å². The van der Waals surface area contributed by atoms with Gasteiger partial charge in [-0.1, -0.05) is 18.6 Å². The quantitative estimate of drug-likeness (QED) is 0.916. The van der Waals surface area contributed by atoms with Crippen LogP contribution < -0.4 is 10.1 Å². The summed E-state index contributed by atoms with van der Waals surface area (Å²) in [6.45, 7) is 1.32. The Bertz CT molecular complexity index is 698. The van der Waals surface area contributed by atoms with Crippen LogP contribution in [0.4, 0.5) is 5.69 Å². The monoisotopic (exact) mass is 328 g/mol. The van der Waals surface area contributed by atoms with Crippen LogP contribution in [0, 0.1) is 0 Å². The van der Waals surface area contributed by atoms with Gasteiger partial charge in [0.1, 0.15) is 5.75 Å². The van der Waals surface area contributed by atoms with Crippen molar-refractivity contribution >= 4 is 11.6 Å². The zero-order valence-corrected chi connectivity index (χ0v) is 14.2. The van der Waals surface area contributed by atoms with Crippen LogP contribution in [0.5, 0.6) is 5.75 Å². The number of aryl methyl sites for hydroxylation is 1. The minimum absolute atomic E-state index is 0.00204. The fourth-order valence-electron chi connectivity index (χ4n) is 3.28. The Morgan fingerprint density at radius 2 is 2.29 bits per heavy atom. The lowest BCUT2D eigenvalue weighted by Gasteiger charge is -2.35. The summed E-state index contributed by atoms with van der Waals surface area (Å²) in [6, 6.07) is 8.41. The molecule has 128 valence electrons. The molecular weight excluding hydrogens is 304 g/mol. The molecular formula is C18H24N4O2. The molecule has 1 atom stereocenters. The van der Waals surface area contributed by atoms with Crippen LogP contribution in [0.25, 0.3) is 0 Å². The molecule has 1 saturated heterocycles. The minimum Gasteiger partial charge on any atom is -0.497 e. The third-order valence-corrected chi connectivity index (χ3v) is 4.43. The maximum atomic E-state index is 12.4. The van der Waals surface area contributed by atoms with Gasteiger partial charge in [-0.05, 0) is 37.1 Å². The average Bonchev–Trinajstić information content (AvgIpc) is 3.00. The first-order valence-corrected chi connectivity index (χ1v) is 8.32. The van der Waals surface area contributed by atoms with Crippen molar-refractivity contribution in [3.05, 3.63) is 42.2 Å². The molecule has 1 N–H and O–H groups in total. The summed E-state index contributed by atoms with van der Waals surface area (Å²) in [6.07, 6.45) is 6.83. The van der Waals surface area contributed by atoms with Crippen molar-refractivity contribution in [1.29, 1.82) is 0 Å². The SMILES string of the molecule is COc1cccc(C2CCCCN2CC(=O)Nc2cnn(C)c2)c1. The first-order chi connectivity index (χ1) is 11.7. The lowest BCUT2D eigenvalue weighted by molar-refractivity contribution is -0.118. The summed E-state index contributed by atoms with van der Waals surface area (Å²) in [7, 11) is 3.51. The molecule has 1 aromatic carbocycles. The number of amides is 1. The Labute approximate surface area is 142 Å². The summed E-state index contributed by atoms with van der Waals surface area (Å²) in [5.41, 5.74) is 1.95. The van der Waals surface area contributed by atoms with E-state index >= 15 is 0 Å². The molecule has 24 heavy (non-hydrogen) atoms. The fourth-order valence-corrected chi connectivity index (χ4v) is 3.28. The Morgan fingerprint density at radius 3 is 3.04 bits per heavy atom.